The van der Waals surface area contributed by atoms with E-state index in [1.165, 1.54) is 0 Å². The lowest BCUT2D eigenvalue weighted by atomic mass is 10.2. The highest BCUT2D eigenvalue weighted by Gasteiger charge is 2.06. The zero-order valence-corrected chi connectivity index (χ0v) is 14.7. The van der Waals surface area contributed by atoms with Crippen LogP contribution in [-0.2, 0) is 11.2 Å². The molecule has 0 aliphatic carbocycles. The largest absolute Gasteiger partial charge is 0.477 e. The van der Waals surface area contributed by atoms with Crippen LogP contribution in [0.1, 0.15) is 53.3 Å². The Morgan fingerprint density at radius 1 is 1.18 bits per heavy atom. The molecule has 0 radical (unpaired) electrons. The lowest BCUT2D eigenvalue weighted by Crippen LogP contribution is -2.12. The molecule has 5 nitrogen and oxygen atoms in total. The quantitative estimate of drug-likeness (QED) is 0.632. The van der Waals surface area contributed by atoms with Gasteiger partial charge in [-0.3, -0.25) is 0 Å². The van der Waals surface area contributed by atoms with E-state index in [0.717, 1.165) is 44.1 Å². The maximum atomic E-state index is 5.74. The minimum absolute atomic E-state index is 0.284. The predicted octanol–water partition coefficient (Wildman–Crippen LogP) is 3.69. The van der Waals surface area contributed by atoms with E-state index in [1.807, 2.05) is 19.9 Å². The smallest absolute Gasteiger partial charge is 0.218 e. The van der Waals surface area contributed by atoms with E-state index in [4.69, 9.17) is 9.47 Å². The SMILES string of the molecule is CCCc1nc(NCCCOC(C)C)cc(OCC(C)C)n1. The van der Waals surface area contributed by atoms with E-state index < -0.39 is 0 Å². The van der Waals surface area contributed by atoms with E-state index in [0.29, 0.717) is 18.4 Å². The summed E-state index contributed by atoms with van der Waals surface area (Å²) in [5.74, 6) is 2.81. The summed E-state index contributed by atoms with van der Waals surface area (Å²) in [5, 5.41) is 3.33. The van der Waals surface area contributed by atoms with Crippen LogP contribution in [0.5, 0.6) is 5.88 Å². The summed E-state index contributed by atoms with van der Waals surface area (Å²) in [6, 6.07) is 1.88. The predicted molar refractivity (Wildman–Crippen MR) is 90.6 cm³/mol. The van der Waals surface area contributed by atoms with Crippen LogP contribution in [0.25, 0.3) is 0 Å². The molecule has 1 N–H and O–H groups in total. The van der Waals surface area contributed by atoms with Crippen molar-refractivity contribution in [1.29, 1.82) is 0 Å². The van der Waals surface area contributed by atoms with Crippen molar-refractivity contribution in [3.63, 3.8) is 0 Å². The van der Waals surface area contributed by atoms with Gasteiger partial charge in [0.25, 0.3) is 0 Å². The van der Waals surface area contributed by atoms with Gasteiger partial charge in [0.1, 0.15) is 11.6 Å². The fraction of sp³-hybridized carbons (Fsp3) is 0.765. The first-order chi connectivity index (χ1) is 10.5. The molecule has 0 aliphatic rings. The molecule has 5 heteroatoms. The Hall–Kier alpha value is -1.36. The Morgan fingerprint density at radius 3 is 2.59 bits per heavy atom. The Balaban J connectivity index is 2.55. The molecule has 126 valence electrons. The maximum Gasteiger partial charge on any atom is 0.218 e. The zero-order valence-electron chi connectivity index (χ0n) is 14.7. The maximum absolute atomic E-state index is 5.74. The van der Waals surface area contributed by atoms with Crippen LogP contribution < -0.4 is 10.1 Å². The number of rotatable bonds is 11. The zero-order chi connectivity index (χ0) is 16.4. The molecule has 0 fully saturated rings. The number of nitrogens with zero attached hydrogens (tertiary/aromatic N) is 2. The van der Waals surface area contributed by atoms with E-state index >= 15 is 0 Å². The molecule has 0 aromatic carbocycles. The molecule has 1 aromatic heterocycles. The van der Waals surface area contributed by atoms with Crippen LogP contribution >= 0.6 is 0 Å². The highest BCUT2D eigenvalue weighted by molar-refractivity contribution is 5.38. The van der Waals surface area contributed by atoms with Gasteiger partial charge in [-0.2, -0.15) is 4.98 Å². The molecular formula is C17H31N3O2. The van der Waals surface area contributed by atoms with Crippen LogP contribution in [-0.4, -0.2) is 35.8 Å². The number of anilines is 1. The molecule has 0 saturated heterocycles. The first kappa shape index (κ1) is 18.7. The molecule has 0 unspecified atom stereocenters. The lowest BCUT2D eigenvalue weighted by Gasteiger charge is -2.12. The number of nitrogens with one attached hydrogen (secondary N) is 1. The molecule has 1 aromatic rings. The molecule has 0 atom stereocenters. The highest BCUT2D eigenvalue weighted by atomic mass is 16.5. The fourth-order valence-corrected chi connectivity index (χ4v) is 1.83. The Labute approximate surface area is 134 Å². The summed E-state index contributed by atoms with van der Waals surface area (Å²) in [5.41, 5.74) is 0. The normalized spacial score (nSPS) is 11.2. The molecule has 0 saturated carbocycles. The number of aryl methyl sites for hydroxylation is 1. The molecule has 1 rings (SSSR count). The average molecular weight is 309 g/mol. The van der Waals surface area contributed by atoms with Gasteiger partial charge in [0.05, 0.1) is 12.7 Å². The molecule has 0 spiro atoms. The van der Waals surface area contributed by atoms with Gasteiger partial charge in [-0.15, -0.1) is 0 Å². The summed E-state index contributed by atoms with van der Waals surface area (Å²) < 4.78 is 11.3. The minimum atomic E-state index is 0.284. The van der Waals surface area contributed by atoms with Gasteiger partial charge in [-0.1, -0.05) is 20.8 Å². The van der Waals surface area contributed by atoms with E-state index in [-0.39, 0.29) is 6.10 Å². The first-order valence-corrected chi connectivity index (χ1v) is 8.37. The monoisotopic (exact) mass is 309 g/mol. The standard InChI is InChI=1S/C17H31N3O2/c1-6-8-15-19-16(18-9-7-10-21-14(4)5)11-17(20-15)22-12-13(2)3/h11,13-14H,6-10,12H2,1-5H3,(H,18,19,20). The second-order valence-corrected chi connectivity index (χ2v) is 6.16. The number of aromatic nitrogens is 2. The molecule has 0 aliphatic heterocycles. The van der Waals surface area contributed by atoms with Gasteiger partial charge in [0, 0.05) is 25.6 Å². The minimum Gasteiger partial charge on any atom is -0.477 e. The van der Waals surface area contributed by atoms with Gasteiger partial charge in [-0.05, 0) is 32.6 Å². The lowest BCUT2D eigenvalue weighted by molar-refractivity contribution is 0.0787. The Bertz CT molecular complexity index is 422. The molecule has 0 amide bonds. The second-order valence-electron chi connectivity index (χ2n) is 6.16. The van der Waals surface area contributed by atoms with Crippen molar-refractivity contribution in [2.45, 2.75) is 60.0 Å². The van der Waals surface area contributed by atoms with Crippen LogP contribution in [0.4, 0.5) is 5.82 Å². The van der Waals surface area contributed by atoms with Crippen molar-refractivity contribution in [3.8, 4) is 5.88 Å². The summed E-state index contributed by atoms with van der Waals surface area (Å²) in [7, 11) is 0. The van der Waals surface area contributed by atoms with Crippen molar-refractivity contribution in [3.05, 3.63) is 11.9 Å². The van der Waals surface area contributed by atoms with Crippen molar-refractivity contribution in [2.75, 3.05) is 25.1 Å². The highest BCUT2D eigenvalue weighted by Crippen LogP contribution is 2.15. The first-order valence-electron chi connectivity index (χ1n) is 8.37. The van der Waals surface area contributed by atoms with E-state index in [9.17, 15) is 0 Å². The van der Waals surface area contributed by atoms with Crippen LogP contribution in [0.15, 0.2) is 6.07 Å². The fourth-order valence-electron chi connectivity index (χ4n) is 1.83. The van der Waals surface area contributed by atoms with Crippen LogP contribution in [0.2, 0.25) is 0 Å². The molecule has 1 heterocycles. The van der Waals surface area contributed by atoms with E-state index in [1.54, 1.807) is 0 Å². The van der Waals surface area contributed by atoms with Gasteiger partial charge in [0.2, 0.25) is 5.88 Å². The summed E-state index contributed by atoms with van der Waals surface area (Å²) in [4.78, 5) is 9.00. The summed E-state index contributed by atoms with van der Waals surface area (Å²) in [6.45, 7) is 12.7. The third-order valence-electron chi connectivity index (χ3n) is 2.87. The Kier molecular flexibility index (Phi) is 8.82. The van der Waals surface area contributed by atoms with Crippen molar-refractivity contribution in [1.82, 2.24) is 9.97 Å². The van der Waals surface area contributed by atoms with Gasteiger partial charge in [-0.25, -0.2) is 4.98 Å². The van der Waals surface area contributed by atoms with Crippen LogP contribution in [0, 0.1) is 5.92 Å². The molecular weight excluding hydrogens is 278 g/mol. The molecule has 22 heavy (non-hydrogen) atoms. The van der Waals surface area contributed by atoms with Gasteiger partial charge in [0.15, 0.2) is 0 Å². The number of ether oxygens (including phenoxy) is 2. The number of hydrogen-bond acceptors (Lipinski definition) is 5. The Morgan fingerprint density at radius 2 is 1.95 bits per heavy atom. The number of hydrogen-bond donors (Lipinski definition) is 1. The average Bonchev–Trinajstić information content (AvgIpc) is 2.44. The summed E-state index contributed by atoms with van der Waals surface area (Å²) >= 11 is 0. The van der Waals surface area contributed by atoms with Gasteiger partial charge < -0.3 is 14.8 Å². The van der Waals surface area contributed by atoms with Crippen molar-refractivity contribution < 1.29 is 9.47 Å². The third-order valence-corrected chi connectivity index (χ3v) is 2.87. The van der Waals surface area contributed by atoms with Crippen molar-refractivity contribution in [2.24, 2.45) is 5.92 Å². The summed E-state index contributed by atoms with van der Waals surface area (Å²) in [6.07, 6.45) is 3.12. The van der Waals surface area contributed by atoms with E-state index in [2.05, 4.69) is 36.1 Å². The third kappa shape index (κ3) is 8.17. The van der Waals surface area contributed by atoms with Gasteiger partial charge >= 0.3 is 0 Å². The molecule has 0 bridgehead atoms. The van der Waals surface area contributed by atoms with Crippen LogP contribution in [0.3, 0.4) is 0 Å². The second kappa shape index (κ2) is 10.4. The van der Waals surface area contributed by atoms with Crippen molar-refractivity contribution >= 4 is 5.82 Å². The topological polar surface area (TPSA) is 56.3 Å².